The maximum atomic E-state index is 12.8. The normalized spacial score (nSPS) is 13.8. The summed E-state index contributed by atoms with van der Waals surface area (Å²) in [6.07, 6.45) is 3.45. The van der Waals surface area contributed by atoms with Crippen molar-refractivity contribution in [1.82, 2.24) is 9.88 Å². The number of rotatable bonds is 4. The molecule has 23 heavy (non-hydrogen) atoms. The fourth-order valence-electron chi connectivity index (χ4n) is 2.61. The molecule has 0 N–H and O–H groups in total. The predicted octanol–water partition coefficient (Wildman–Crippen LogP) is 2.49. The molecular weight excluding hydrogens is 312 g/mol. The first-order valence-corrected chi connectivity index (χ1v) is 7.37. The number of carbonyl (C=O) groups is 1. The van der Waals surface area contributed by atoms with E-state index in [-0.39, 0.29) is 18.3 Å². The molecule has 1 aromatic heterocycles. The number of benzene rings is 1. The molecule has 2 heterocycles. The van der Waals surface area contributed by atoms with Crippen LogP contribution < -0.4 is 9.80 Å². The fourth-order valence-corrected chi connectivity index (χ4v) is 2.61. The van der Waals surface area contributed by atoms with Crippen LogP contribution in [0.5, 0.6) is 0 Å². The highest BCUT2D eigenvalue weighted by atomic mass is 35.5. The minimum Gasteiger partial charge on any atom is -0.351 e. The molecule has 1 aliphatic heterocycles. The Morgan fingerprint density at radius 3 is 2.65 bits per heavy atom. The van der Waals surface area contributed by atoms with Crippen molar-refractivity contribution < 1.29 is 4.79 Å². The summed E-state index contributed by atoms with van der Waals surface area (Å²) in [5.74, 6) is 0.0321. The Labute approximate surface area is 142 Å². The van der Waals surface area contributed by atoms with Crippen LogP contribution in [0, 0.1) is 0 Å². The largest absolute Gasteiger partial charge is 0.351 e. The van der Waals surface area contributed by atoms with E-state index >= 15 is 0 Å². The number of likely N-dealkylation sites (N-methyl/N-ethyl adjacent to an activating group) is 1. The van der Waals surface area contributed by atoms with Gasteiger partial charge < -0.3 is 9.80 Å². The van der Waals surface area contributed by atoms with Crippen molar-refractivity contribution in [2.75, 3.05) is 43.7 Å². The highest BCUT2D eigenvalue weighted by Crippen LogP contribution is 2.29. The van der Waals surface area contributed by atoms with E-state index < -0.39 is 0 Å². The lowest BCUT2D eigenvalue weighted by atomic mass is 10.1. The van der Waals surface area contributed by atoms with Crippen LogP contribution in [0.2, 0.25) is 0 Å². The van der Waals surface area contributed by atoms with Crippen molar-refractivity contribution in [3.63, 3.8) is 0 Å². The van der Waals surface area contributed by atoms with Gasteiger partial charge in [0.25, 0.3) is 5.91 Å². The van der Waals surface area contributed by atoms with Gasteiger partial charge in [-0.05, 0) is 38.4 Å². The Hall–Kier alpha value is -2.11. The molecule has 0 spiro atoms. The zero-order chi connectivity index (χ0) is 15.5. The second-order valence-electron chi connectivity index (χ2n) is 5.67. The molecule has 122 valence electrons. The molecular formula is C17H21ClN4O. The van der Waals surface area contributed by atoms with Crippen molar-refractivity contribution in [3.05, 3.63) is 54.4 Å². The van der Waals surface area contributed by atoms with Gasteiger partial charge in [-0.2, -0.15) is 0 Å². The van der Waals surface area contributed by atoms with E-state index in [0.29, 0.717) is 6.67 Å². The van der Waals surface area contributed by atoms with Gasteiger partial charge in [-0.15, -0.1) is 12.4 Å². The second-order valence-corrected chi connectivity index (χ2v) is 5.67. The minimum absolute atomic E-state index is 0. The number of para-hydroxylation sites is 1. The summed E-state index contributed by atoms with van der Waals surface area (Å²) in [5, 5.41) is 0. The number of fused-ring (bicyclic) bond motifs is 1. The summed E-state index contributed by atoms with van der Waals surface area (Å²) < 4.78 is 0. The summed E-state index contributed by atoms with van der Waals surface area (Å²) in [5.41, 5.74) is 2.59. The quantitative estimate of drug-likeness (QED) is 0.862. The molecule has 0 atom stereocenters. The number of nitrogens with zero attached hydrogens (tertiary/aromatic N) is 4. The van der Waals surface area contributed by atoms with Gasteiger partial charge in [-0.3, -0.25) is 14.7 Å². The van der Waals surface area contributed by atoms with Crippen LogP contribution in [0.15, 0.2) is 48.8 Å². The van der Waals surface area contributed by atoms with Gasteiger partial charge in [0.15, 0.2) is 0 Å². The molecule has 0 aliphatic carbocycles. The van der Waals surface area contributed by atoms with Gasteiger partial charge in [0, 0.05) is 19.3 Å². The van der Waals surface area contributed by atoms with Crippen molar-refractivity contribution in [3.8, 4) is 0 Å². The fraction of sp³-hybridized carbons (Fsp3) is 0.294. The maximum absolute atomic E-state index is 12.8. The predicted molar refractivity (Wildman–Crippen MR) is 95.5 cm³/mol. The Kier molecular flexibility index (Phi) is 5.58. The number of hydrogen-bond acceptors (Lipinski definition) is 4. The van der Waals surface area contributed by atoms with Crippen LogP contribution in [-0.2, 0) is 0 Å². The van der Waals surface area contributed by atoms with Crippen LogP contribution in [0.3, 0.4) is 0 Å². The molecule has 2 aromatic rings. The molecule has 1 aromatic carbocycles. The van der Waals surface area contributed by atoms with Crippen molar-refractivity contribution >= 4 is 29.7 Å². The number of hydrogen-bond donors (Lipinski definition) is 0. The lowest BCUT2D eigenvalue weighted by Crippen LogP contribution is -2.48. The summed E-state index contributed by atoms with van der Waals surface area (Å²) in [7, 11) is 4.11. The van der Waals surface area contributed by atoms with Crippen LogP contribution in [-0.4, -0.2) is 49.6 Å². The van der Waals surface area contributed by atoms with E-state index in [1.807, 2.05) is 36.4 Å². The van der Waals surface area contributed by atoms with E-state index in [1.54, 1.807) is 17.3 Å². The zero-order valence-electron chi connectivity index (χ0n) is 13.3. The smallest absolute Gasteiger partial charge is 0.261 e. The monoisotopic (exact) mass is 332 g/mol. The van der Waals surface area contributed by atoms with Crippen molar-refractivity contribution in [1.29, 1.82) is 0 Å². The summed E-state index contributed by atoms with van der Waals surface area (Å²) in [6, 6.07) is 11.6. The lowest BCUT2D eigenvalue weighted by Gasteiger charge is -2.38. The standard InChI is InChI=1S/C17H20N4O.ClH/c1-19(2)10-11-20-13-21(14-6-5-9-18-12-14)17(22)15-7-3-4-8-16(15)20;/h3-9,12H,10-11,13H2,1-2H3;1H. The highest BCUT2D eigenvalue weighted by molar-refractivity contribution is 6.11. The number of pyridine rings is 1. The third kappa shape index (κ3) is 3.63. The number of anilines is 2. The number of amides is 1. The van der Waals surface area contributed by atoms with E-state index in [2.05, 4.69) is 28.9 Å². The first-order valence-electron chi connectivity index (χ1n) is 7.37. The number of aromatic nitrogens is 1. The van der Waals surface area contributed by atoms with Crippen molar-refractivity contribution in [2.45, 2.75) is 0 Å². The van der Waals surface area contributed by atoms with E-state index in [0.717, 1.165) is 30.0 Å². The molecule has 0 radical (unpaired) electrons. The molecule has 0 saturated carbocycles. The Bertz CT molecular complexity index is 663. The van der Waals surface area contributed by atoms with E-state index in [1.165, 1.54) is 0 Å². The minimum atomic E-state index is 0. The van der Waals surface area contributed by atoms with Gasteiger partial charge in [-0.25, -0.2) is 0 Å². The van der Waals surface area contributed by atoms with Crippen molar-refractivity contribution in [2.24, 2.45) is 0 Å². The molecule has 0 bridgehead atoms. The third-order valence-electron chi connectivity index (χ3n) is 3.81. The first kappa shape index (κ1) is 17.2. The Morgan fingerprint density at radius 1 is 1.17 bits per heavy atom. The average Bonchev–Trinajstić information content (AvgIpc) is 2.55. The summed E-state index contributed by atoms with van der Waals surface area (Å²) in [6.45, 7) is 2.35. The van der Waals surface area contributed by atoms with Gasteiger partial charge in [0.05, 0.1) is 29.8 Å². The van der Waals surface area contributed by atoms with Crippen LogP contribution >= 0.6 is 12.4 Å². The van der Waals surface area contributed by atoms with Crippen LogP contribution in [0.1, 0.15) is 10.4 Å². The Morgan fingerprint density at radius 2 is 1.96 bits per heavy atom. The molecule has 0 fully saturated rings. The summed E-state index contributed by atoms with van der Waals surface area (Å²) >= 11 is 0. The van der Waals surface area contributed by atoms with Gasteiger partial charge >= 0.3 is 0 Å². The molecule has 1 aliphatic rings. The zero-order valence-corrected chi connectivity index (χ0v) is 14.2. The van der Waals surface area contributed by atoms with E-state index in [4.69, 9.17) is 0 Å². The molecule has 6 heteroatoms. The molecule has 5 nitrogen and oxygen atoms in total. The first-order chi connectivity index (χ1) is 10.7. The van der Waals surface area contributed by atoms with Gasteiger partial charge in [-0.1, -0.05) is 12.1 Å². The molecule has 1 amide bonds. The third-order valence-corrected chi connectivity index (χ3v) is 3.81. The number of carbonyl (C=O) groups excluding carboxylic acids is 1. The molecule has 0 unspecified atom stereocenters. The van der Waals surface area contributed by atoms with Gasteiger partial charge in [0.2, 0.25) is 0 Å². The SMILES string of the molecule is CN(C)CCN1CN(c2cccnc2)C(=O)c2ccccc21.Cl. The lowest BCUT2D eigenvalue weighted by molar-refractivity contribution is 0.0982. The van der Waals surface area contributed by atoms with Crippen LogP contribution in [0.4, 0.5) is 11.4 Å². The molecule has 3 rings (SSSR count). The maximum Gasteiger partial charge on any atom is 0.261 e. The summed E-state index contributed by atoms with van der Waals surface area (Å²) in [4.78, 5) is 23.1. The van der Waals surface area contributed by atoms with Gasteiger partial charge in [0.1, 0.15) is 0 Å². The highest BCUT2D eigenvalue weighted by Gasteiger charge is 2.29. The molecule has 0 saturated heterocycles. The number of halogens is 1. The average molecular weight is 333 g/mol. The Balaban J connectivity index is 0.00000192. The second kappa shape index (κ2) is 7.44. The topological polar surface area (TPSA) is 39.7 Å². The van der Waals surface area contributed by atoms with Crippen LogP contribution in [0.25, 0.3) is 0 Å². The van der Waals surface area contributed by atoms with E-state index in [9.17, 15) is 4.79 Å².